The number of benzene rings is 1. The number of allylic oxidation sites excluding steroid dienone is 1. The summed E-state index contributed by atoms with van der Waals surface area (Å²) < 4.78 is 8.00. The maximum atomic E-state index is 13.5. The maximum Gasteiger partial charge on any atom is 0.271 e. The van der Waals surface area contributed by atoms with E-state index in [9.17, 15) is 9.59 Å². The third-order valence-electron chi connectivity index (χ3n) is 5.60. The fraction of sp³-hybridized carbons (Fsp3) is 0.160. The van der Waals surface area contributed by atoms with E-state index >= 15 is 0 Å². The molecule has 0 radical (unpaired) electrons. The van der Waals surface area contributed by atoms with Crippen molar-refractivity contribution in [1.29, 1.82) is 0 Å². The van der Waals surface area contributed by atoms with Crippen LogP contribution in [0.4, 0.5) is 5.69 Å². The first kappa shape index (κ1) is 21.0. The standard InChI is InChI=1S/C25H22N4O3S/c1-14-7-4-5-9-18(14)28-23(30)21-16(3)27-25-29(22(21)19-11-10-15(2)32-19)24(31)20(33-25)13-17-8-6-12-26-17/h4-13,22,26H,1-3H3,(H,28,30)/b20-13+/t22-/m1/s1. The van der Waals surface area contributed by atoms with E-state index in [2.05, 4.69) is 15.3 Å². The van der Waals surface area contributed by atoms with Crippen molar-refractivity contribution < 1.29 is 9.21 Å². The van der Waals surface area contributed by atoms with E-state index in [1.807, 2.05) is 62.4 Å². The lowest BCUT2D eigenvalue weighted by molar-refractivity contribution is -0.113. The molecule has 1 amide bonds. The van der Waals surface area contributed by atoms with Gasteiger partial charge < -0.3 is 14.7 Å². The Bertz CT molecular complexity index is 1570. The molecule has 5 rings (SSSR count). The fourth-order valence-electron chi connectivity index (χ4n) is 3.96. The largest absolute Gasteiger partial charge is 0.464 e. The van der Waals surface area contributed by atoms with Gasteiger partial charge in [0.1, 0.15) is 17.6 Å². The van der Waals surface area contributed by atoms with Crippen LogP contribution in [0.2, 0.25) is 0 Å². The average molecular weight is 459 g/mol. The second kappa shape index (κ2) is 8.22. The second-order valence-corrected chi connectivity index (χ2v) is 8.93. The number of aryl methyl sites for hydroxylation is 2. The van der Waals surface area contributed by atoms with E-state index in [1.54, 1.807) is 23.8 Å². The molecule has 1 atom stereocenters. The molecule has 1 aromatic carbocycles. The Kier molecular flexibility index (Phi) is 5.22. The Morgan fingerprint density at radius 1 is 1.15 bits per heavy atom. The third kappa shape index (κ3) is 3.78. The first-order valence-corrected chi connectivity index (χ1v) is 11.3. The van der Waals surface area contributed by atoms with Crippen LogP contribution in [0, 0.1) is 13.8 Å². The van der Waals surface area contributed by atoms with Crippen LogP contribution in [0.1, 0.15) is 35.7 Å². The number of hydrogen-bond donors (Lipinski definition) is 2. The number of rotatable bonds is 4. The number of amides is 1. The number of anilines is 1. The summed E-state index contributed by atoms with van der Waals surface area (Å²) in [7, 11) is 0. The SMILES string of the molecule is CC1=C(C(=O)Nc2ccccc2C)[C@@H](c2ccc(C)o2)n2c(s/c(=C/c3ccc[nH]3)c2=O)=N1. The van der Waals surface area contributed by atoms with Crippen LogP contribution >= 0.6 is 11.3 Å². The Balaban J connectivity index is 1.67. The second-order valence-electron chi connectivity index (χ2n) is 7.92. The molecule has 0 bridgehead atoms. The van der Waals surface area contributed by atoms with Crippen LogP contribution in [0.25, 0.3) is 6.08 Å². The summed E-state index contributed by atoms with van der Waals surface area (Å²) in [6, 6.07) is 14.2. The van der Waals surface area contributed by atoms with Gasteiger partial charge in [-0.05, 0) is 62.7 Å². The lowest BCUT2D eigenvalue weighted by Gasteiger charge is -2.23. The molecule has 3 aromatic heterocycles. The van der Waals surface area contributed by atoms with Crippen molar-refractivity contribution in [3.63, 3.8) is 0 Å². The van der Waals surface area contributed by atoms with E-state index < -0.39 is 6.04 Å². The zero-order valence-electron chi connectivity index (χ0n) is 18.4. The predicted octanol–water partition coefficient (Wildman–Crippen LogP) is 3.41. The molecule has 0 aliphatic carbocycles. The van der Waals surface area contributed by atoms with Gasteiger partial charge in [0.15, 0.2) is 4.80 Å². The molecule has 2 N–H and O–H groups in total. The van der Waals surface area contributed by atoms with Gasteiger partial charge in [0.2, 0.25) is 0 Å². The van der Waals surface area contributed by atoms with Crippen LogP contribution in [0.5, 0.6) is 0 Å². The van der Waals surface area contributed by atoms with Gasteiger partial charge in [-0.3, -0.25) is 14.2 Å². The zero-order chi connectivity index (χ0) is 23.1. The molecule has 33 heavy (non-hydrogen) atoms. The number of carbonyl (C=O) groups excluding carboxylic acids is 1. The third-order valence-corrected chi connectivity index (χ3v) is 6.58. The molecular formula is C25H22N4O3S. The topological polar surface area (TPSA) is 92.4 Å². The van der Waals surface area contributed by atoms with Crippen molar-refractivity contribution in [1.82, 2.24) is 9.55 Å². The highest BCUT2D eigenvalue weighted by molar-refractivity contribution is 7.07. The minimum absolute atomic E-state index is 0.221. The Morgan fingerprint density at radius 3 is 2.67 bits per heavy atom. The van der Waals surface area contributed by atoms with Gasteiger partial charge >= 0.3 is 0 Å². The summed E-state index contributed by atoms with van der Waals surface area (Å²) in [6.45, 7) is 5.55. The van der Waals surface area contributed by atoms with Gasteiger partial charge in [0, 0.05) is 17.6 Å². The van der Waals surface area contributed by atoms with Crippen LogP contribution in [-0.4, -0.2) is 15.5 Å². The number of nitrogens with zero attached hydrogens (tertiary/aromatic N) is 2. The first-order chi connectivity index (χ1) is 15.9. The normalized spacial score (nSPS) is 16.0. The maximum absolute atomic E-state index is 13.5. The summed E-state index contributed by atoms with van der Waals surface area (Å²) in [5.41, 5.74) is 3.18. The summed E-state index contributed by atoms with van der Waals surface area (Å²) in [4.78, 5) is 35.2. The van der Waals surface area contributed by atoms with Crippen molar-refractivity contribution in [2.75, 3.05) is 5.32 Å². The highest BCUT2D eigenvalue weighted by Crippen LogP contribution is 2.32. The van der Waals surface area contributed by atoms with Crippen LogP contribution in [0.15, 0.2) is 80.2 Å². The number of furan rings is 1. The number of para-hydroxylation sites is 1. The molecule has 4 heterocycles. The molecule has 1 aliphatic heterocycles. The Hall–Kier alpha value is -3.91. The number of aromatic nitrogens is 2. The summed E-state index contributed by atoms with van der Waals surface area (Å²) in [5, 5.41) is 2.99. The number of H-pyrrole nitrogens is 1. The average Bonchev–Trinajstić information content (AvgIpc) is 3.51. The molecule has 0 unspecified atom stereocenters. The van der Waals surface area contributed by atoms with Crippen LogP contribution < -0.4 is 20.2 Å². The minimum atomic E-state index is -0.718. The van der Waals surface area contributed by atoms with Crippen molar-refractivity contribution in [3.8, 4) is 0 Å². The number of fused-ring (bicyclic) bond motifs is 1. The molecule has 166 valence electrons. The summed E-state index contributed by atoms with van der Waals surface area (Å²) in [5.74, 6) is 0.902. The van der Waals surface area contributed by atoms with Gasteiger partial charge in [-0.2, -0.15) is 0 Å². The van der Waals surface area contributed by atoms with Crippen molar-refractivity contribution in [2.24, 2.45) is 4.99 Å². The molecule has 0 saturated heterocycles. The van der Waals surface area contributed by atoms with Gasteiger partial charge in [-0.25, -0.2) is 4.99 Å². The monoisotopic (exact) mass is 458 g/mol. The number of carbonyl (C=O) groups is 1. The van der Waals surface area contributed by atoms with E-state index in [1.165, 1.54) is 11.3 Å². The fourth-order valence-corrected chi connectivity index (χ4v) is 5.00. The van der Waals surface area contributed by atoms with Crippen LogP contribution in [-0.2, 0) is 4.79 Å². The minimum Gasteiger partial charge on any atom is -0.464 e. The number of nitrogens with one attached hydrogen (secondary N) is 2. The Morgan fingerprint density at radius 2 is 1.97 bits per heavy atom. The molecule has 0 saturated carbocycles. The molecule has 1 aliphatic rings. The quantitative estimate of drug-likeness (QED) is 0.491. The van der Waals surface area contributed by atoms with E-state index in [0.717, 1.165) is 11.3 Å². The molecule has 0 fully saturated rings. The lowest BCUT2D eigenvalue weighted by Crippen LogP contribution is -2.40. The van der Waals surface area contributed by atoms with Gasteiger partial charge in [-0.15, -0.1) is 0 Å². The molecule has 0 spiro atoms. The molecule has 4 aromatic rings. The number of thiazole rings is 1. The highest BCUT2D eigenvalue weighted by Gasteiger charge is 2.34. The smallest absolute Gasteiger partial charge is 0.271 e. The van der Waals surface area contributed by atoms with Gasteiger partial charge in [-0.1, -0.05) is 29.5 Å². The van der Waals surface area contributed by atoms with E-state index in [0.29, 0.717) is 37.8 Å². The lowest BCUT2D eigenvalue weighted by atomic mass is 10.00. The Labute approximate surface area is 193 Å². The molecule has 7 nitrogen and oxygen atoms in total. The zero-order valence-corrected chi connectivity index (χ0v) is 19.2. The molecule has 8 heteroatoms. The van der Waals surface area contributed by atoms with Crippen molar-refractivity contribution in [2.45, 2.75) is 26.8 Å². The van der Waals surface area contributed by atoms with Crippen LogP contribution in [0.3, 0.4) is 0 Å². The predicted molar refractivity (Wildman–Crippen MR) is 128 cm³/mol. The summed E-state index contributed by atoms with van der Waals surface area (Å²) >= 11 is 1.29. The number of aromatic amines is 1. The van der Waals surface area contributed by atoms with Crippen molar-refractivity contribution >= 4 is 29.0 Å². The van der Waals surface area contributed by atoms with E-state index in [4.69, 9.17) is 4.42 Å². The van der Waals surface area contributed by atoms with Gasteiger partial charge in [0.25, 0.3) is 11.5 Å². The van der Waals surface area contributed by atoms with E-state index in [-0.39, 0.29) is 11.5 Å². The summed E-state index contributed by atoms with van der Waals surface area (Å²) in [6.07, 6.45) is 3.59. The first-order valence-electron chi connectivity index (χ1n) is 10.5. The number of hydrogen-bond acceptors (Lipinski definition) is 5. The van der Waals surface area contributed by atoms with Gasteiger partial charge in [0.05, 0.1) is 15.8 Å². The molecular weight excluding hydrogens is 436 g/mol. The van der Waals surface area contributed by atoms with Crippen molar-refractivity contribution in [3.05, 3.63) is 108 Å². The highest BCUT2D eigenvalue weighted by atomic mass is 32.1.